The van der Waals surface area contributed by atoms with Crippen molar-refractivity contribution in [1.29, 1.82) is 0 Å². The van der Waals surface area contributed by atoms with Gasteiger partial charge in [0.1, 0.15) is 0 Å². The third-order valence-electron chi connectivity index (χ3n) is 2.44. The highest BCUT2D eigenvalue weighted by atomic mass is 127. The Morgan fingerprint density at radius 1 is 1.00 bits per heavy atom. The molecule has 0 saturated carbocycles. The lowest BCUT2D eigenvalue weighted by atomic mass is 10.1. The van der Waals surface area contributed by atoms with Crippen LogP contribution in [0.5, 0.6) is 0 Å². The van der Waals surface area contributed by atoms with Crippen molar-refractivity contribution in [1.82, 2.24) is 5.32 Å². The Balaban J connectivity index is 0.00000232. The van der Waals surface area contributed by atoms with Gasteiger partial charge in [0.05, 0.1) is 14.8 Å². The van der Waals surface area contributed by atoms with Crippen LogP contribution in [-0.4, -0.2) is 29.9 Å². The van der Waals surface area contributed by atoms with Gasteiger partial charge in [-0.2, -0.15) is 0 Å². The Bertz CT molecular complexity index is 636. The molecule has 0 aromatic heterocycles. The van der Waals surface area contributed by atoms with Crippen LogP contribution in [0.15, 0.2) is 0 Å². The second-order valence-electron chi connectivity index (χ2n) is 4.07. The molecule has 5 N–H and O–H groups in total. The molecule has 2 amide bonds. The minimum absolute atomic E-state index is 0.126. The van der Waals surface area contributed by atoms with E-state index in [0.29, 0.717) is 18.4 Å². The Labute approximate surface area is 174 Å². The fourth-order valence-electron chi connectivity index (χ4n) is 1.56. The number of nitrogens with two attached hydrogens (primary N) is 1. The van der Waals surface area contributed by atoms with Crippen LogP contribution in [0.1, 0.15) is 29.8 Å². The molecule has 0 heterocycles. The first kappa shape index (κ1) is 22.8. The van der Waals surface area contributed by atoms with E-state index in [1.165, 1.54) is 20.9 Å². The first-order chi connectivity index (χ1) is 10.7. The van der Waals surface area contributed by atoms with Gasteiger partial charge >= 0.3 is 5.97 Å². The summed E-state index contributed by atoms with van der Waals surface area (Å²) in [5.41, 5.74) is 5.76. The Kier molecular flexibility index (Phi) is 10.5. The van der Waals surface area contributed by atoms with Crippen LogP contribution in [0.2, 0.25) is 0 Å². The van der Waals surface area contributed by atoms with Gasteiger partial charge in [-0.15, -0.1) is 0 Å². The molecule has 0 unspecified atom stereocenters. The molecule has 0 bridgehead atoms. The smallest absolute Gasteiger partial charge is 0.337 e. The molecule has 1 aromatic carbocycles. The van der Waals surface area contributed by atoms with E-state index in [9.17, 15) is 19.5 Å². The van der Waals surface area contributed by atoms with Crippen LogP contribution < -0.4 is 16.4 Å². The maximum Gasteiger partial charge on any atom is 0.337 e. The second-order valence-corrected chi connectivity index (χ2v) is 7.30. The number of carbonyl (C=O) groups is 3. The number of aromatic carboxylic acids is 1. The standard InChI is InChI=1S/C12H11I3N2O4.CH5N/c1-4(18)16-3-6-8(13)7(12(20)21)10(15)11(9(6)14)17-5(2)19;1-2/h3H2,1-2H3,(H,16,18)(H,17,19)(H,20,21);2H2,1H3. The van der Waals surface area contributed by atoms with Gasteiger partial charge in [0.2, 0.25) is 11.8 Å². The molecule has 0 aliphatic heterocycles. The number of hydrogen-bond acceptors (Lipinski definition) is 4. The zero-order valence-corrected chi connectivity index (χ0v) is 19.1. The van der Waals surface area contributed by atoms with Gasteiger partial charge in [-0.25, -0.2) is 4.79 Å². The summed E-state index contributed by atoms with van der Waals surface area (Å²) >= 11 is 5.90. The number of nitrogens with one attached hydrogen (secondary N) is 2. The van der Waals surface area contributed by atoms with Crippen molar-refractivity contribution in [2.75, 3.05) is 12.4 Å². The molecule has 1 rings (SSSR count). The van der Waals surface area contributed by atoms with Crippen LogP contribution in [0.3, 0.4) is 0 Å². The summed E-state index contributed by atoms with van der Waals surface area (Å²) in [5, 5.41) is 14.7. The Morgan fingerprint density at radius 2 is 1.52 bits per heavy atom. The van der Waals surface area contributed by atoms with Gasteiger partial charge in [0.25, 0.3) is 0 Å². The van der Waals surface area contributed by atoms with Crippen LogP contribution in [0.25, 0.3) is 0 Å². The number of carboxylic acid groups (broad SMARTS) is 1. The minimum atomic E-state index is -1.07. The van der Waals surface area contributed by atoms with E-state index in [0.717, 1.165) is 3.57 Å². The highest BCUT2D eigenvalue weighted by molar-refractivity contribution is 14.1. The molecule has 7 nitrogen and oxygen atoms in total. The molecule has 1 aromatic rings. The van der Waals surface area contributed by atoms with Crippen molar-refractivity contribution in [2.45, 2.75) is 20.4 Å². The molecule has 23 heavy (non-hydrogen) atoms. The van der Waals surface area contributed by atoms with Crippen molar-refractivity contribution in [3.8, 4) is 0 Å². The Morgan fingerprint density at radius 3 is 1.91 bits per heavy atom. The van der Waals surface area contributed by atoms with Gasteiger partial charge in [0.15, 0.2) is 0 Å². The molecular weight excluding hydrogens is 643 g/mol. The SMILES string of the molecule is CC(=O)NCc1c(I)c(NC(C)=O)c(I)c(C(=O)O)c1I.CN. The minimum Gasteiger partial charge on any atom is -0.478 e. The molecule has 0 radical (unpaired) electrons. The van der Waals surface area contributed by atoms with Gasteiger partial charge in [-0.3, -0.25) is 9.59 Å². The first-order valence-corrected chi connectivity index (χ1v) is 9.42. The summed E-state index contributed by atoms with van der Waals surface area (Å²) in [6.07, 6.45) is 0. The average Bonchev–Trinajstić information content (AvgIpc) is 2.44. The van der Waals surface area contributed by atoms with E-state index < -0.39 is 5.97 Å². The third kappa shape index (κ3) is 6.30. The zero-order chi connectivity index (χ0) is 18.3. The van der Waals surface area contributed by atoms with Crippen molar-refractivity contribution < 1.29 is 19.5 Å². The van der Waals surface area contributed by atoms with Crippen LogP contribution in [-0.2, 0) is 16.1 Å². The van der Waals surface area contributed by atoms with E-state index in [-0.39, 0.29) is 23.9 Å². The summed E-state index contributed by atoms with van der Waals surface area (Å²) in [5.74, 6) is -1.57. The zero-order valence-electron chi connectivity index (χ0n) is 12.6. The molecule has 0 spiro atoms. The molecule has 128 valence electrons. The second kappa shape index (κ2) is 10.6. The summed E-state index contributed by atoms with van der Waals surface area (Å²) in [4.78, 5) is 33.9. The molecule has 0 saturated heterocycles. The number of anilines is 1. The maximum absolute atomic E-state index is 11.5. The lowest BCUT2D eigenvalue weighted by Gasteiger charge is -2.18. The lowest BCUT2D eigenvalue weighted by molar-refractivity contribution is -0.119. The quantitative estimate of drug-likeness (QED) is 0.371. The highest BCUT2D eigenvalue weighted by Gasteiger charge is 2.24. The van der Waals surface area contributed by atoms with Gasteiger partial charge in [0, 0.05) is 33.1 Å². The number of benzene rings is 1. The molecule has 0 aliphatic carbocycles. The number of halogens is 3. The fourth-order valence-corrected chi connectivity index (χ4v) is 5.84. The number of rotatable bonds is 4. The molecule has 0 fully saturated rings. The lowest BCUT2D eigenvalue weighted by Crippen LogP contribution is -2.23. The van der Waals surface area contributed by atoms with Crippen molar-refractivity contribution in [3.05, 3.63) is 21.8 Å². The highest BCUT2D eigenvalue weighted by Crippen LogP contribution is 2.35. The maximum atomic E-state index is 11.5. The number of carboxylic acids is 1. The summed E-state index contributed by atoms with van der Waals surface area (Å²) < 4.78 is 1.74. The number of hydrogen-bond donors (Lipinski definition) is 4. The van der Waals surface area contributed by atoms with Crippen molar-refractivity contribution in [2.24, 2.45) is 5.73 Å². The van der Waals surface area contributed by atoms with Gasteiger partial charge in [-0.05, 0) is 74.8 Å². The average molecular weight is 659 g/mol. The van der Waals surface area contributed by atoms with Gasteiger partial charge in [-0.1, -0.05) is 0 Å². The molecular formula is C13H16I3N3O4. The van der Waals surface area contributed by atoms with Crippen molar-refractivity contribution >= 4 is 91.2 Å². The molecule has 0 atom stereocenters. The Hall–Kier alpha value is -0.220. The van der Waals surface area contributed by atoms with E-state index in [1.807, 2.05) is 67.8 Å². The topological polar surface area (TPSA) is 122 Å². The summed E-state index contributed by atoms with van der Waals surface area (Å²) in [6.45, 7) is 2.95. The van der Waals surface area contributed by atoms with Crippen molar-refractivity contribution in [3.63, 3.8) is 0 Å². The van der Waals surface area contributed by atoms with E-state index >= 15 is 0 Å². The summed E-state index contributed by atoms with van der Waals surface area (Å²) in [7, 11) is 1.50. The number of amides is 2. The van der Waals surface area contributed by atoms with Crippen LogP contribution in [0, 0.1) is 10.7 Å². The van der Waals surface area contributed by atoms with Gasteiger partial charge < -0.3 is 21.5 Å². The van der Waals surface area contributed by atoms with Crippen LogP contribution in [0.4, 0.5) is 5.69 Å². The third-order valence-corrected chi connectivity index (χ3v) is 5.90. The van der Waals surface area contributed by atoms with E-state index in [1.54, 1.807) is 0 Å². The van der Waals surface area contributed by atoms with Crippen LogP contribution >= 0.6 is 67.8 Å². The predicted molar refractivity (Wildman–Crippen MR) is 113 cm³/mol. The number of carbonyl (C=O) groups excluding carboxylic acids is 2. The van der Waals surface area contributed by atoms with E-state index in [2.05, 4.69) is 16.4 Å². The fraction of sp³-hybridized carbons (Fsp3) is 0.308. The molecule has 10 heteroatoms. The summed E-state index contributed by atoms with van der Waals surface area (Å²) in [6, 6.07) is 0. The predicted octanol–water partition coefficient (Wildman–Crippen LogP) is 2.37. The monoisotopic (exact) mass is 659 g/mol. The molecule has 0 aliphatic rings. The first-order valence-electron chi connectivity index (χ1n) is 6.19. The van der Waals surface area contributed by atoms with E-state index in [4.69, 9.17) is 0 Å². The normalized spacial score (nSPS) is 9.52. The largest absolute Gasteiger partial charge is 0.478 e.